The van der Waals surface area contributed by atoms with E-state index in [2.05, 4.69) is 27.8 Å². The summed E-state index contributed by atoms with van der Waals surface area (Å²) in [7, 11) is 0. The first-order chi connectivity index (χ1) is 9.63. The van der Waals surface area contributed by atoms with E-state index in [1.165, 1.54) is 4.90 Å². The molecule has 0 saturated heterocycles. The first-order valence-corrected chi connectivity index (χ1v) is 7.62. The van der Waals surface area contributed by atoms with Crippen molar-refractivity contribution in [2.24, 2.45) is 0 Å². The number of anilines is 1. The number of hydrogen-bond acceptors (Lipinski definition) is 3. The second-order valence-corrected chi connectivity index (χ2v) is 6.06. The average molecular weight is 303 g/mol. The summed E-state index contributed by atoms with van der Waals surface area (Å²) in [5.41, 5.74) is 0.889. The quantitative estimate of drug-likeness (QED) is 0.837. The number of thiocarbonyl (C=S) groups is 1. The second-order valence-electron chi connectivity index (χ2n) is 4.55. The summed E-state index contributed by atoms with van der Waals surface area (Å²) in [6.45, 7) is 4.09. The van der Waals surface area contributed by atoms with Gasteiger partial charge in [-0.05, 0) is 50.3 Å². The molecule has 0 spiro atoms. The Kier molecular flexibility index (Phi) is 5.38. The van der Waals surface area contributed by atoms with Crippen LogP contribution in [0, 0.1) is 0 Å². The van der Waals surface area contributed by atoms with E-state index in [9.17, 15) is 0 Å². The SMILES string of the molecule is CC(C)NC(=S)Nc1ccc(Sc2ccccc2)nc1. The standard InChI is InChI=1S/C15H17N3S2/c1-11(2)17-15(19)18-12-8-9-14(16-10-12)20-13-6-4-3-5-7-13/h3-11H,1-2H3,(H2,17,18,19). The number of aromatic nitrogens is 1. The second kappa shape index (κ2) is 7.26. The number of nitrogens with zero attached hydrogens (tertiary/aromatic N) is 1. The van der Waals surface area contributed by atoms with Gasteiger partial charge in [0.15, 0.2) is 5.11 Å². The third-order valence-electron chi connectivity index (χ3n) is 2.38. The van der Waals surface area contributed by atoms with Gasteiger partial charge in [-0.15, -0.1) is 0 Å². The molecule has 0 bridgehead atoms. The Bertz CT molecular complexity index is 553. The minimum Gasteiger partial charge on any atom is -0.360 e. The molecular weight excluding hydrogens is 286 g/mol. The largest absolute Gasteiger partial charge is 0.360 e. The van der Waals surface area contributed by atoms with E-state index in [4.69, 9.17) is 12.2 Å². The maximum atomic E-state index is 5.19. The fourth-order valence-corrected chi connectivity index (χ4v) is 2.68. The molecule has 0 unspecified atom stereocenters. The van der Waals surface area contributed by atoms with E-state index in [0.717, 1.165) is 10.7 Å². The molecule has 1 aromatic heterocycles. The van der Waals surface area contributed by atoms with Gasteiger partial charge in [-0.3, -0.25) is 0 Å². The first-order valence-electron chi connectivity index (χ1n) is 6.40. The molecule has 20 heavy (non-hydrogen) atoms. The third kappa shape index (κ3) is 4.83. The zero-order valence-corrected chi connectivity index (χ0v) is 13.1. The van der Waals surface area contributed by atoms with Gasteiger partial charge in [-0.1, -0.05) is 30.0 Å². The van der Waals surface area contributed by atoms with Gasteiger partial charge in [0.25, 0.3) is 0 Å². The minimum absolute atomic E-state index is 0.316. The monoisotopic (exact) mass is 303 g/mol. The Labute approximate surface area is 129 Å². The van der Waals surface area contributed by atoms with Gasteiger partial charge in [-0.25, -0.2) is 4.98 Å². The van der Waals surface area contributed by atoms with E-state index in [0.29, 0.717) is 11.2 Å². The molecule has 0 aliphatic carbocycles. The summed E-state index contributed by atoms with van der Waals surface area (Å²) in [5.74, 6) is 0. The van der Waals surface area contributed by atoms with Gasteiger partial charge in [0.1, 0.15) is 5.03 Å². The summed E-state index contributed by atoms with van der Waals surface area (Å²) < 4.78 is 0. The van der Waals surface area contributed by atoms with Crippen LogP contribution in [0.2, 0.25) is 0 Å². The maximum absolute atomic E-state index is 5.19. The van der Waals surface area contributed by atoms with E-state index < -0.39 is 0 Å². The molecule has 2 N–H and O–H groups in total. The Morgan fingerprint density at radius 3 is 2.50 bits per heavy atom. The molecule has 104 valence electrons. The zero-order valence-electron chi connectivity index (χ0n) is 11.5. The number of rotatable bonds is 4. The van der Waals surface area contributed by atoms with Crippen LogP contribution in [0.15, 0.2) is 58.6 Å². The van der Waals surface area contributed by atoms with Crippen molar-refractivity contribution in [3.8, 4) is 0 Å². The predicted molar refractivity (Wildman–Crippen MR) is 89.3 cm³/mol. The van der Waals surface area contributed by atoms with Crippen LogP contribution < -0.4 is 10.6 Å². The molecule has 2 aromatic rings. The number of nitrogens with one attached hydrogen (secondary N) is 2. The molecule has 2 rings (SSSR count). The highest BCUT2D eigenvalue weighted by Gasteiger charge is 2.01. The van der Waals surface area contributed by atoms with Crippen LogP contribution in [-0.4, -0.2) is 16.1 Å². The molecule has 3 nitrogen and oxygen atoms in total. The van der Waals surface area contributed by atoms with Crippen molar-refractivity contribution < 1.29 is 0 Å². The van der Waals surface area contributed by atoms with Crippen LogP contribution in [0.4, 0.5) is 5.69 Å². The van der Waals surface area contributed by atoms with Gasteiger partial charge < -0.3 is 10.6 Å². The van der Waals surface area contributed by atoms with Crippen molar-refractivity contribution >= 4 is 34.8 Å². The number of pyridine rings is 1. The van der Waals surface area contributed by atoms with Gasteiger partial charge in [-0.2, -0.15) is 0 Å². The van der Waals surface area contributed by atoms with Crippen LogP contribution in [0.5, 0.6) is 0 Å². The lowest BCUT2D eigenvalue weighted by atomic mass is 10.4. The molecule has 0 aliphatic rings. The molecular formula is C15H17N3S2. The highest BCUT2D eigenvalue weighted by molar-refractivity contribution is 7.99. The summed E-state index contributed by atoms with van der Waals surface area (Å²) in [6.07, 6.45) is 1.79. The topological polar surface area (TPSA) is 37.0 Å². The zero-order chi connectivity index (χ0) is 14.4. The molecule has 0 radical (unpaired) electrons. The summed E-state index contributed by atoms with van der Waals surface area (Å²) >= 11 is 6.83. The van der Waals surface area contributed by atoms with Crippen molar-refractivity contribution in [3.63, 3.8) is 0 Å². The minimum atomic E-state index is 0.316. The van der Waals surface area contributed by atoms with Crippen LogP contribution in [-0.2, 0) is 0 Å². The summed E-state index contributed by atoms with van der Waals surface area (Å²) in [5, 5.41) is 7.82. The van der Waals surface area contributed by atoms with Crippen molar-refractivity contribution in [1.29, 1.82) is 0 Å². The highest BCUT2D eigenvalue weighted by atomic mass is 32.2. The van der Waals surface area contributed by atoms with Crippen LogP contribution in [0.25, 0.3) is 0 Å². The highest BCUT2D eigenvalue weighted by Crippen LogP contribution is 2.25. The van der Waals surface area contributed by atoms with Crippen LogP contribution in [0.1, 0.15) is 13.8 Å². The molecule has 0 amide bonds. The van der Waals surface area contributed by atoms with Gasteiger partial charge in [0, 0.05) is 10.9 Å². The fourth-order valence-electron chi connectivity index (χ4n) is 1.55. The Hall–Kier alpha value is -1.59. The van der Waals surface area contributed by atoms with Crippen molar-refractivity contribution in [2.45, 2.75) is 29.8 Å². The van der Waals surface area contributed by atoms with Gasteiger partial charge >= 0.3 is 0 Å². The Morgan fingerprint density at radius 1 is 1.15 bits per heavy atom. The van der Waals surface area contributed by atoms with Crippen molar-refractivity contribution in [3.05, 3.63) is 48.7 Å². The molecule has 0 atom stereocenters. The molecule has 5 heteroatoms. The lowest BCUT2D eigenvalue weighted by Gasteiger charge is -2.12. The smallest absolute Gasteiger partial charge is 0.171 e. The van der Waals surface area contributed by atoms with Gasteiger partial charge in [0.05, 0.1) is 11.9 Å². The Balaban J connectivity index is 1.94. The first kappa shape index (κ1) is 14.8. The predicted octanol–water partition coefficient (Wildman–Crippen LogP) is 3.93. The number of benzene rings is 1. The van der Waals surface area contributed by atoms with Crippen LogP contribution >= 0.6 is 24.0 Å². The van der Waals surface area contributed by atoms with E-state index >= 15 is 0 Å². The summed E-state index contributed by atoms with van der Waals surface area (Å²) in [6, 6.07) is 14.5. The average Bonchev–Trinajstić information content (AvgIpc) is 2.41. The van der Waals surface area contributed by atoms with Crippen molar-refractivity contribution in [2.75, 3.05) is 5.32 Å². The lowest BCUT2D eigenvalue weighted by Crippen LogP contribution is -2.33. The van der Waals surface area contributed by atoms with E-state index in [1.54, 1.807) is 18.0 Å². The molecule has 1 aromatic carbocycles. The van der Waals surface area contributed by atoms with Gasteiger partial charge in [0.2, 0.25) is 0 Å². The fraction of sp³-hybridized carbons (Fsp3) is 0.200. The third-order valence-corrected chi connectivity index (χ3v) is 3.56. The normalized spacial score (nSPS) is 10.3. The Morgan fingerprint density at radius 2 is 1.90 bits per heavy atom. The maximum Gasteiger partial charge on any atom is 0.171 e. The van der Waals surface area contributed by atoms with E-state index in [1.807, 2.05) is 44.2 Å². The van der Waals surface area contributed by atoms with Crippen LogP contribution in [0.3, 0.4) is 0 Å². The van der Waals surface area contributed by atoms with Crippen molar-refractivity contribution in [1.82, 2.24) is 10.3 Å². The molecule has 0 fully saturated rings. The molecule has 0 aliphatic heterocycles. The molecule has 1 heterocycles. The number of hydrogen-bond donors (Lipinski definition) is 2. The van der Waals surface area contributed by atoms with E-state index in [-0.39, 0.29) is 0 Å². The summed E-state index contributed by atoms with van der Waals surface area (Å²) in [4.78, 5) is 5.60. The molecule has 0 saturated carbocycles. The lowest BCUT2D eigenvalue weighted by molar-refractivity contribution is 0.739.